The van der Waals surface area contributed by atoms with E-state index in [-0.39, 0.29) is 10.6 Å². The molecule has 110 valence electrons. The van der Waals surface area contributed by atoms with Crippen LogP contribution in [0.4, 0.5) is 5.69 Å². The van der Waals surface area contributed by atoms with Crippen LogP contribution >= 0.6 is 0 Å². The number of nitro benzene ring substituents is 1. The molecule has 0 spiro atoms. The fraction of sp³-hybridized carbons (Fsp3) is 0.400. The molecular weight excluding hydrogens is 268 g/mol. The van der Waals surface area contributed by atoms with E-state index in [2.05, 4.69) is 14.9 Å². The highest BCUT2D eigenvalue weighted by molar-refractivity contribution is 5.34. The van der Waals surface area contributed by atoms with E-state index in [0.29, 0.717) is 12.6 Å². The zero-order valence-electron chi connectivity index (χ0n) is 11.7. The van der Waals surface area contributed by atoms with Crippen molar-refractivity contribution in [3.05, 3.63) is 58.2 Å². The van der Waals surface area contributed by atoms with Crippen LogP contribution in [0.2, 0.25) is 0 Å². The predicted molar refractivity (Wildman–Crippen MR) is 79.0 cm³/mol. The molecule has 0 amide bonds. The highest BCUT2D eigenvalue weighted by Crippen LogP contribution is 2.23. The van der Waals surface area contributed by atoms with Crippen LogP contribution in [0.15, 0.2) is 36.8 Å². The van der Waals surface area contributed by atoms with Gasteiger partial charge in [0.05, 0.1) is 16.9 Å². The van der Waals surface area contributed by atoms with Gasteiger partial charge in [-0.05, 0) is 24.9 Å². The molecule has 6 nitrogen and oxygen atoms in total. The first-order valence-corrected chi connectivity index (χ1v) is 7.21. The number of piperidine rings is 1. The molecule has 2 aromatic rings. The molecule has 3 rings (SSSR count). The van der Waals surface area contributed by atoms with Gasteiger partial charge in [-0.2, -0.15) is 0 Å². The van der Waals surface area contributed by atoms with Crippen LogP contribution in [0.25, 0.3) is 0 Å². The van der Waals surface area contributed by atoms with Crippen molar-refractivity contribution < 1.29 is 4.92 Å². The minimum absolute atomic E-state index is 0.130. The van der Waals surface area contributed by atoms with E-state index in [1.165, 1.54) is 18.9 Å². The monoisotopic (exact) mass is 286 g/mol. The van der Waals surface area contributed by atoms with E-state index >= 15 is 0 Å². The molecule has 1 N–H and O–H groups in total. The lowest BCUT2D eigenvalue weighted by Crippen LogP contribution is -2.28. The highest BCUT2D eigenvalue weighted by atomic mass is 16.6. The number of hydrogen-bond donors (Lipinski definition) is 1. The van der Waals surface area contributed by atoms with Crippen molar-refractivity contribution in [2.24, 2.45) is 0 Å². The van der Waals surface area contributed by atoms with Crippen LogP contribution in [0.1, 0.15) is 36.6 Å². The van der Waals surface area contributed by atoms with Gasteiger partial charge in [0.1, 0.15) is 0 Å². The zero-order chi connectivity index (χ0) is 14.7. The Balaban J connectivity index is 1.80. The van der Waals surface area contributed by atoms with Gasteiger partial charge in [0.15, 0.2) is 0 Å². The Hall–Kier alpha value is -2.21. The number of non-ortho nitro benzene ring substituents is 1. The van der Waals surface area contributed by atoms with Crippen molar-refractivity contribution in [1.29, 1.82) is 0 Å². The second kappa shape index (κ2) is 6.05. The largest absolute Gasteiger partial charge is 0.329 e. The summed E-state index contributed by atoms with van der Waals surface area (Å²) in [6.07, 6.45) is 7.24. The lowest BCUT2D eigenvalue weighted by atomic mass is 10.0. The summed E-state index contributed by atoms with van der Waals surface area (Å²) in [5, 5.41) is 14.4. The molecular formula is C15H18N4O2. The lowest BCUT2D eigenvalue weighted by Gasteiger charge is -2.24. The second-order valence-electron chi connectivity index (χ2n) is 5.38. The van der Waals surface area contributed by atoms with Gasteiger partial charge in [0, 0.05) is 30.9 Å². The van der Waals surface area contributed by atoms with Gasteiger partial charge in [-0.15, -0.1) is 0 Å². The Morgan fingerprint density at radius 3 is 3.10 bits per heavy atom. The van der Waals surface area contributed by atoms with Crippen LogP contribution in [0.3, 0.4) is 0 Å². The van der Waals surface area contributed by atoms with Gasteiger partial charge in [-0.3, -0.25) is 10.1 Å². The minimum Gasteiger partial charge on any atom is -0.329 e. The van der Waals surface area contributed by atoms with Gasteiger partial charge in [0.2, 0.25) is 0 Å². The third kappa shape index (κ3) is 3.11. The first kappa shape index (κ1) is 13.8. The number of nitrogens with one attached hydrogen (secondary N) is 1. The van der Waals surface area contributed by atoms with Crippen molar-refractivity contribution >= 4 is 5.69 Å². The maximum atomic E-state index is 10.8. The van der Waals surface area contributed by atoms with Gasteiger partial charge in [-0.25, -0.2) is 4.98 Å². The van der Waals surface area contributed by atoms with E-state index in [1.807, 2.05) is 12.3 Å². The summed E-state index contributed by atoms with van der Waals surface area (Å²) in [5.41, 5.74) is 2.20. The molecule has 1 fully saturated rings. The summed E-state index contributed by atoms with van der Waals surface area (Å²) in [7, 11) is 0. The minimum atomic E-state index is -0.360. The molecule has 1 saturated heterocycles. The van der Waals surface area contributed by atoms with Crippen molar-refractivity contribution in [2.75, 3.05) is 6.54 Å². The molecule has 1 aliphatic heterocycles. The molecule has 0 bridgehead atoms. The van der Waals surface area contributed by atoms with E-state index in [9.17, 15) is 10.1 Å². The standard InChI is InChI=1S/C15H18N4O2/c20-19(21)13-5-3-4-12(8-13)10-18-11-16-9-15(18)14-6-1-2-7-17-14/h3-5,8-9,11,14,17H,1-2,6-7,10H2. The Morgan fingerprint density at radius 1 is 1.43 bits per heavy atom. The van der Waals surface area contributed by atoms with Gasteiger partial charge in [0.25, 0.3) is 5.69 Å². The summed E-state index contributed by atoms with van der Waals surface area (Å²) in [6, 6.07) is 7.10. The van der Waals surface area contributed by atoms with Crippen LogP contribution in [-0.2, 0) is 6.54 Å². The van der Waals surface area contributed by atoms with Crippen LogP contribution in [0, 0.1) is 10.1 Å². The molecule has 1 aromatic heterocycles. The van der Waals surface area contributed by atoms with Gasteiger partial charge < -0.3 is 9.88 Å². The molecule has 0 aliphatic carbocycles. The number of benzene rings is 1. The molecule has 1 atom stereocenters. The molecule has 0 radical (unpaired) electrons. The topological polar surface area (TPSA) is 73.0 Å². The van der Waals surface area contributed by atoms with E-state index in [0.717, 1.165) is 24.2 Å². The van der Waals surface area contributed by atoms with Gasteiger partial charge in [-0.1, -0.05) is 18.6 Å². The Bertz CT molecular complexity index is 632. The first-order chi connectivity index (χ1) is 10.2. The molecule has 6 heteroatoms. The van der Waals surface area contributed by atoms with Crippen LogP contribution in [-0.4, -0.2) is 21.0 Å². The average Bonchev–Trinajstić information content (AvgIpc) is 2.96. The number of nitrogens with zero attached hydrogens (tertiary/aromatic N) is 3. The van der Waals surface area contributed by atoms with Crippen molar-refractivity contribution in [3.63, 3.8) is 0 Å². The summed E-state index contributed by atoms with van der Waals surface area (Å²) in [6.45, 7) is 1.64. The fourth-order valence-corrected chi connectivity index (χ4v) is 2.82. The van der Waals surface area contributed by atoms with E-state index in [4.69, 9.17) is 0 Å². The smallest absolute Gasteiger partial charge is 0.269 e. The maximum absolute atomic E-state index is 10.8. The molecule has 2 heterocycles. The Labute approximate surface area is 123 Å². The number of aromatic nitrogens is 2. The third-order valence-electron chi connectivity index (χ3n) is 3.89. The quantitative estimate of drug-likeness (QED) is 0.692. The normalized spacial score (nSPS) is 18.6. The van der Waals surface area contributed by atoms with Crippen molar-refractivity contribution in [2.45, 2.75) is 31.8 Å². The van der Waals surface area contributed by atoms with E-state index in [1.54, 1.807) is 18.5 Å². The third-order valence-corrected chi connectivity index (χ3v) is 3.89. The fourth-order valence-electron chi connectivity index (χ4n) is 2.82. The average molecular weight is 286 g/mol. The predicted octanol–water partition coefficient (Wildman–Crippen LogP) is 2.65. The van der Waals surface area contributed by atoms with Crippen LogP contribution < -0.4 is 5.32 Å². The zero-order valence-corrected chi connectivity index (χ0v) is 11.7. The molecule has 21 heavy (non-hydrogen) atoms. The Kier molecular flexibility index (Phi) is 3.96. The molecule has 0 saturated carbocycles. The first-order valence-electron chi connectivity index (χ1n) is 7.21. The van der Waals surface area contributed by atoms with E-state index < -0.39 is 0 Å². The maximum Gasteiger partial charge on any atom is 0.269 e. The SMILES string of the molecule is O=[N+]([O-])c1cccc(Cn2cncc2C2CCCCN2)c1. The molecule has 1 aromatic carbocycles. The van der Waals surface area contributed by atoms with Crippen molar-refractivity contribution in [1.82, 2.24) is 14.9 Å². The Morgan fingerprint density at radius 2 is 2.33 bits per heavy atom. The van der Waals surface area contributed by atoms with Crippen molar-refractivity contribution in [3.8, 4) is 0 Å². The van der Waals surface area contributed by atoms with Gasteiger partial charge >= 0.3 is 0 Å². The lowest BCUT2D eigenvalue weighted by molar-refractivity contribution is -0.384. The summed E-state index contributed by atoms with van der Waals surface area (Å²) in [5.74, 6) is 0. The molecule has 1 unspecified atom stereocenters. The number of nitro groups is 1. The summed E-state index contributed by atoms with van der Waals surface area (Å²) >= 11 is 0. The molecule has 1 aliphatic rings. The summed E-state index contributed by atoms with van der Waals surface area (Å²) < 4.78 is 2.07. The number of imidazole rings is 1. The summed E-state index contributed by atoms with van der Waals surface area (Å²) in [4.78, 5) is 14.7. The van der Waals surface area contributed by atoms with Crippen LogP contribution in [0.5, 0.6) is 0 Å². The second-order valence-corrected chi connectivity index (χ2v) is 5.38. The number of rotatable bonds is 4. The highest BCUT2D eigenvalue weighted by Gasteiger charge is 2.18. The number of hydrogen-bond acceptors (Lipinski definition) is 4.